The van der Waals surface area contributed by atoms with Gasteiger partial charge in [0, 0.05) is 37.3 Å². The van der Waals surface area contributed by atoms with Crippen LogP contribution in [0.5, 0.6) is 0 Å². The van der Waals surface area contributed by atoms with E-state index >= 15 is 0 Å². The van der Waals surface area contributed by atoms with Crippen LogP contribution in [0.2, 0.25) is 0 Å². The van der Waals surface area contributed by atoms with Crippen molar-refractivity contribution >= 4 is 17.6 Å². The van der Waals surface area contributed by atoms with Crippen molar-refractivity contribution in [2.75, 3.05) is 31.6 Å². The third-order valence-corrected chi connectivity index (χ3v) is 3.58. The van der Waals surface area contributed by atoms with Crippen molar-refractivity contribution in [3.8, 4) is 0 Å². The smallest absolute Gasteiger partial charge is 0.305 e. The maximum absolute atomic E-state index is 12.0. The van der Waals surface area contributed by atoms with Crippen LogP contribution in [-0.4, -0.2) is 38.6 Å². The average Bonchev–Trinajstić information content (AvgIpc) is 2.55. The molecule has 0 saturated carbocycles. The first-order chi connectivity index (χ1) is 10.6. The van der Waals surface area contributed by atoms with Crippen LogP contribution in [0.1, 0.15) is 43.5 Å². The Morgan fingerprint density at radius 3 is 2.27 bits per heavy atom. The number of methoxy groups -OCH3 is 1. The van der Waals surface area contributed by atoms with Crippen LogP contribution < -0.4 is 10.2 Å². The number of anilines is 1. The number of carbonyl (C=O) groups excluding carboxylic acids is 2. The molecule has 0 atom stereocenters. The van der Waals surface area contributed by atoms with Gasteiger partial charge in [-0.1, -0.05) is 0 Å². The van der Waals surface area contributed by atoms with Gasteiger partial charge < -0.3 is 15.0 Å². The quantitative estimate of drug-likeness (QED) is 0.563. The van der Waals surface area contributed by atoms with Crippen molar-refractivity contribution in [3.05, 3.63) is 29.8 Å². The Hall–Kier alpha value is -2.04. The second-order valence-corrected chi connectivity index (χ2v) is 5.01. The minimum Gasteiger partial charge on any atom is -0.469 e. The van der Waals surface area contributed by atoms with E-state index in [4.69, 9.17) is 0 Å². The molecule has 0 spiro atoms. The molecule has 0 aliphatic heterocycles. The van der Waals surface area contributed by atoms with Gasteiger partial charge in [-0.3, -0.25) is 9.59 Å². The van der Waals surface area contributed by atoms with Gasteiger partial charge in [-0.05, 0) is 51.0 Å². The van der Waals surface area contributed by atoms with Crippen LogP contribution in [0.3, 0.4) is 0 Å². The van der Waals surface area contributed by atoms with Crippen LogP contribution >= 0.6 is 0 Å². The Morgan fingerprint density at radius 2 is 1.73 bits per heavy atom. The lowest BCUT2D eigenvalue weighted by Crippen LogP contribution is -2.25. The van der Waals surface area contributed by atoms with Crippen LogP contribution in [-0.2, 0) is 9.53 Å². The highest BCUT2D eigenvalue weighted by molar-refractivity contribution is 5.94. The summed E-state index contributed by atoms with van der Waals surface area (Å²) in [4.78, 5) is 25.2. The highest BCUT2D eigenvalue weighted by atomic mass is 16.5. The number of carbonyl (C=O) groups is 2. The molecule has 22 heavy (non-hydrogen) atoms. The monoisotopic (exact) mass is 306 g/mol. The number of amides is 1. The predicted octanol–water partition coefficient (Wildman–Crippen LogP) is 2.61. The molecule has 122 valence electrons. The van der Waals surface area contributed by atoms with Gasteiger partial charge in [-0.15, -0.1) is 0 Å². The van der Waals surface area contributed by atoms with Crippen LogP contribution in [0, 0.1) is 0 Å². The third kappa shape index (κ3) is 5.76. The summed E-state index contributed by atoms with van der Waals surface area (Å²) in [5.74, 6) is -0.289. The number of ether oxygens (including phenoxy) is 1. The zero-order valence-corrected chi connectivity index (χ0v) is 13.7. The van der Waals surface area contributed by atoms with E-state index in [2.05, 4.69) is 28.8 Å². The van der Waals surface area contributed by atoms with Crippen LogP contribution in [0.15, 0.2) is 24.3 Å². The predicted molar refractivity (Wildman–Crippen MR) is 88.2 cm³/mol. The zero-order valence-electron chi connectivity index (χ0n) is 13.7. The Morgan fingerprint density at radius 1 is 1.09 bits per heavy atom. The molecule has 1 amide bonds. The molecule has 0 aliphatic rings. The van der Waals surface area contributed by atoms with Crippen molar-refractivity contribution in [2.24, 2.45) is 0 Å². The molecular formula is C17H26N2O3. The lowest BCUT2D eigenvalue weighted by molar-refractivity contribution is -0.140. The molecule has 0 radical (unpaired) electrons. The van der Waals surface area contributed by atoms with E-state index in [9.17, 15) is 9.59 Å². The van der Waals surface area contributed by atoms with Gasteiger partial charge in [-0.25, -0.2) is 0 Å². The lowest BCUT2D eigenvalue weighted by atomic mass is 10.1. The maximum atomic E-state index is 12.0. The van der Waals surface area contributed by atoms with E-state index < -0.39 is 0 Å². The summed E-state index contributed by atoms with van der Waals surface area (Å²) in [5, 5.41) is 2.86. The fourth-order valence-corrected chi connectivity index (χ4v) is 2.21. The third-order valence-electron chi connectivity index (χ3n) is 3.58. The average molecular weight is 306 g/mol. The Balaban J connectivity index is 2.38. The molecule has 1 aromatic carbocycles. The molecule has 0 bridgehead atoms. The first-order valence-corrected chi connectivity index (χ1v) is 7.82. The summed E-state index contributed by atoms with van der Waals surface area (Å²) in [5.41, 5.74) is 1.78. The number of rotatable bonds is 9. The second kappa shape index (κ2) is 9.82. The summed E-state index contributed by atoms with van der Waals surface area (Å²) in [6, 6.07) is 7.63. The molecule has 0 aliphatic carbocycles. The molecule has 1 N–H and O–H groups in total. The van der Waals surface area contributed by atoms with Crippen molar-refractivity contribution in [2.45, 2.75) is 33.1 Å². The molecular weight excluding hydrogens is 280 g/mol. The largest absolute Gasteiger partial charge is 0.469 e. The molecule has 0 aromatic heterocycles. The number of benzene rings is 1. The number of esters is 1. The second-order valence-electron chi connectivity index (χ2n) is 5.01. The van der Waals surface area contributed by atoms with Crippen molar-refractivity contribution in [3.63, 3.8) is 0 Å². The highest BCUT2D eigenvalue weighted by Crippen LogP contribution is 2.14. The fourth-order valence-electron chi connectivity index (χ4n) is 2.21. The van der Waals surface area contributed by atoms with Crippen molar-refractivity contribution < 1.29 is 14.3 Å². The molecule has 0 fully saturated rings. The minimum atomic E-state index is -0.210. The number of hydrogen-bond donors (Lipinski definition) is 1. The highest BCUT2D eigenvalue weighted by Gasteiger charge is 2.07. The molecule has 0 saturated heterocycles. The van der Waals surface area contributed by atoms with Gasteiger partial charge in [0.1, 0.15) is 0 Å². The SMILES string of the molecule is CCN(CC)c1ccc(C(=O)NCCCCC(=O)OC)cc1. The van der Waals surface area contributed by atoms with E-state index in [1.54, 1.807) is 0 Å². The molecule has 5 nitrogen and oxygen atoms in total. The van der Waals surface area contributed by atoms with Gasteiger partial charge >= 0.3 is 5.97 Å². The number of nitrogens with zero attached hydrogens (tertiary/aromatic N) is 1. The van der Waals surface area contributed by atoms with Gasteiger partial charge in [0.15, 0.2) is 0 Å². The van der Waals surface area contributed by atoms with Gasteiger partial charge in [0.25, 0.3) is 5.91 Å². The van der Waals surface area contributed by atoms with Crippen LogP contribution in [0.25, 0.3) is 0 Å². The summed E-state index contributed by atoms with van der Waals surface area (Å²) in [6.07, 6.45) is 1.87. The topological polar surface area (TPSA) is 58.6 Å². The van der Waals surface area contributed by atoms with E-state index in [1.165, 1.54) is 7.11 Å². The molecule has 0 unspecified atom stereocenters. The van der Waals surface area contributed by atoms with Gasteiger partial charge in [0.2, 0.25) is 0 Å². The maximum Gasteiger partial charge on any atom is 0.305 e. The molecule has 0 heterocycles. The molecule has 1 aromatic rings. The molecule has 1 rings (SSSR count). The van der Waals surface area contributed by atoms with Crippen LogP contribution in [0.4, 0.5) is 5.69 Å². The van der Waals surface area contributed by atoms with Crippen molar-refractivity contribution in [1.29, 1.82) is 0 Å². The normalized spacial score (nSPS) is 10.1. The van der Waals surface area contributed by atoms with E-state index in [-0.39, 0.29) is 11.9 Å². The van der Waals surface area contributed by atoms with E-state index in [1.807, 2.05) is 24.3 Å². The first-order valence-electron chi connectivity index (χ1n) is 7.82. The molecule has 5 heteroatoms. The standard InChI is InChI=1S/C17H26N2O3/c1-4-19(5-2)15-11-9-14(10-12-15)17(21)18-13-7-6-8-16(20)22-3/h9-12H,4-8,13H2,1-3H3,(H,18,21). The Kier molecular flexibility index (Phi) is 8.04. The summed E-state index contributed by atoms with van der Waals surface area (Å²) >= 11 is 0. The summed E-state index contributed by atoms with van der Waals surface area (Å²) in [7, 11) is 1.38. The number of nitrogens with one attached hydrogen (secondary N) is 1. The Labute approximate surface area is 132 Å². The van der Waals surface area contributed by atoms with Gasteiger partial charge in [-0.2, -0.15) is 0 Å². The van der Waals surface area contributed by atoms with E-state index in [0.717, 1.165) is 25.2 Å². The first kappa shape index (κ1) is 18.0. The minimum absolute atomic E-state index is 0.0795. The van der Waals surface area contributed by atoms with E-state index in [0.29, 0.717) is 24.9 Å². The van der Waals surface area contributed by atoms with Crippen molar-refractivity contribution in [1.82, 2.24) is 5.32 Å². The number of unbranched alkanes of at least 4 members (excludes halogenated alkanes) is 1. The Bertz CT molecular complexity index is 467. The van der Waals surface area contributed by atoms with Gasteiger partial charge in [0.05, 0.1) is 7.11 Å². The lowest BCUT2D eigenvalue weighted by Gasteiger charge is -2.21. The number of hydrogen-bond acceptors (Lipinski definition) is 4. The summed E-state index contributed by atoms with van der Waals surface area (Å²) < 4.78 is 4.57. The zero-order chi connectivity index (χ0) is 16.4. The summed E-state index contributed by atoms with van der Waals surface area (Å²) in [6.45, 7) is 6.68. The fraction of sp³-hybridized carbons (Fsp3) is 0.529.